The number of H-pyrrole nitrogens is 1. The Bertz CT molecular complexity index is 865. The van der Waals surface area contributed by atoms with Crippen molar-refractivity contribution < 1.29 is 9.59 Å². The second-order valence-corrected chi connectivity index (χ2v) is 5.12. The normalized spacial score (nSPS) is 9.42. The lowest BCUT2D eigenvalue weighted by Gasteiger charge is -2.02. The van der Waals surface area contributed by atoms with E-state index in [1.54, 1.807) is 42.5 Å². The molecular weight excluding hydrogens is 326 g/mol. The minimum atomic E-state index is -0.224. The van der Waals surface area contributed by atoms with Crippen LogP contribution in [0, 0.1) is 0 Å². The van der Waals surface area contributed by atoms with Crippen LogP contribution in [0.2, 0.25) is 0 Å². The Morgan fingerprint density at radius 2 is 1.46 bits per heavy atom. The first-order valence-corrected chi connectivity index (χ1v) is 8.83. The zero-order valence-corrected chi connectivity index (χ0v) is 16.0. The third kappa shape index (κ3) is 5.21. The van der Waals surface area contributed by atoms with Crippen LogP contribution in [0.4, 0.5) is 11.5 Å². The Balaban J connectivity index is 0.000000791. The summed E-state index contributed by atoms with van der Waals surface area (Å²) in [4.78, 5) is 26.7. The molecule has 0 aliphatic carbocycles. The van der Waals surface area contributed by atoms with E-state index in [2.05, 4.69) is 10.3 Å². The van der Waals surface area contributed by atoms with Crippen LogP contribution in [0.1, 0.15) is 55.3 Å². The molecule has 2 aromatic carbocycles. The fourth-order valence-corrected chi connectivity index (χ4v) is 2.25. The summed E-state index contributed by atoms with van der Waals surface area (Å²) in [7, 11) is 0. The van der Waals surface area contributed by atoms with Crippen molar-refractivity contribution in [3.05, 3.63) is 59.7 Å². The van der Waals surface area contributed by atoms with Gasteiger partial charge in [0.25, 0.3) is 5.91 Å². The van der Waals surface area contributed by atoms with Gasteiger partial charge in [0, 0.05) is 27.7 Å². The fraction of sp³-hybridized carbons (Fsp3) is 0.238. The first-order chi connectivity index (χ1) is 12.5. The van der Waals surface area contributed by atoms with Crippen LogP contribution in [-0.2, 0) is 0 Å². The summed E-state index contributed by atoms with van der Waals surface area (Å²) in [6.45, 7) is 9.53. The van der Waals surface area contributed by atoms with Gasteiger partial charge in [0.05, 0.1) is 0 Å². The lowest BCUT2D eigenvalue weighted by atomic mass is 10.1. The molecule has 0 saturated carbocycles. The highest BCUT2D eigenvalue weighted by atomic mass is 16.1. The molecular formula is C21H27N3O2. The van der Waals surface area contributed by atoms with E-state index in [9.17, 15) is 9.59 Å². The molecule has 0 aliphatic heterocycles. The molecule has 1 amide bonds. The number of anilines is 2. The van der Waals surface area contributed by atoms with Gasteiger partial charge in [-0.2, -0.15) is 0 Å². The Morgan fingerprint density at radius 1 is 0.885 bits per heavy atom. The number of aromatic amines is 1. The molecule has 1 heterocycles. The summed E-state index contributed by atoms with van der Waals surface area (Å²) in [6, 6.07) is 13.9. The SMILES string of the molecule is CC.CC.CC(=O)c1ccc2[nH]c(NC(=O)c3ccc(N)cc3)cc2c1. The van der Waals surface area contributed by atoms with Crippen LogP contribution in [0.15, 0.2) is 48.5 Å². The number of benzene rings is 2. The number of Topliss-reactive ketones (excluding diaryl/α,β-unsaturated/α-hetero) is 1. The molecule has 0 radical (unpaired) electrons. The molecule has 0 saturated heterocycles. The van der Waals surface area contributed by atoms with Gasteiger partial charge in [-0.3, -0.25) is 9.59 Å². The molecule has 0 bridgehead atoms. The standard InChI is InChI=1S/C17H15N3O2.2C2H6/c1-10(21)12-4-7-15-13(8-12)9-16(19-15)20-17(22)11-2-5-14(18)6-3-11;2*1-2/h2-9,19H,18H2,1H3,(H,20,22);2*1-2H3. The van der Waals surface area contributed by atoms with Gasteiger partial charge < -0.3 is 16.0 Å². The highest BCUT2D eigenvalue weighted by Crippen LogP contribution is 2.21. The van der Waals surface area contributed by atoms with Crippen molar-refractivity contribution in [2.45, 2.75) is 34.6 Å². The number of ketones is 1. The summed E-state index contributed by atoms with van der Waals surface area (Å²) in [5, 5.41) is 3.67. The van der Waals surface area contributed by atoms with Gasteiger partial charge in [-0.15, -0.1) is 0 Å². The zero-order chi connectivity index (χ0) is 19.7. The number of nitrogens with two attached hydrogens (primary N) is 1. The molecule has 0 fully saturated rings. The van der Waals surface area contributed by atoms with Crippen molar-refractivity contribution in [3.63, 3.8) is 0 Å². The van der Waals surface area contributed by atoms with Crippen molar-refractivity contribution in [3.8, 4) is 0 Å². The smallest absolute Gasteiger partial charge is 0.256 e. The first-order valence-electron chi connectivity index (χ1n) is 8.83. The molecule has 3 rings (SSSR count). The third-order valence-corrected chi connectivity index (χ3v) is 3.45. The van der Waals surface area contributed by atoms with Crippen LogP contribution in [-0.4, -0.2) is 16.7 Å². The van der Waals surface area contributed by atoms with Crippen molar-refractivity contribution in [2.75, 3.05) is 11.1 Å². The average Bonchev–Trinajstić information content (AvgIpc) is 3.06. The van der Waals surface area contributed by atoms with Crippen LogP contribution in [0.25, 0.3) is 10.9 Å². The van der Waals surface area contributed by atoms with Crippen LogP contribution >= 0.6 is 0 Å². The van der Waals surface area contributed by atoms with Crippen LogP contribution in [0.3, 0.4) is 0 Å². The predicted octanol–water partition coefficient (Wildman–Crippen LogP) is 5.26. The van der Waals surface area contributed by atoms with E-state index in [0.717, 1.165) is 10.9 Å². The van der Waals surface area contributed by atoms with E-state index in [4.69, 9.17) is 5.73 Å². The van der Waals surface area contributed by atoms with Gasteiger partial charge >= 0.3 is 0 Å². The van der Waals surface area contributed by atoms with Crippen molar-refractivity contribution >= 4 is 34.1 Å². The quantitative estimate of drug-likeness (QED) is 0.443. The number of carbonyl (C=O) groups excluding carboxylic acids is 2. The van der Waals surface area contributed by atoms with E-state index in [-0.39, 0.29) is 11.7 Å². The molecule has 5 heteroatoms. The summed E-state index contributed by atoms with van der Waals surface area (Å²) < 4.78 is 0. The van der Waals surface area contributed by atoms with Gasteiger partial charge in [0.15, 0.2) is 5.78 Å². The minimum absolute atomic E-state index is 0.00978. The van der Waals surface area contributed by atoms with Gasteiger partial charge in [0.2, 0.25) is 0 Å². The summed E-state index contributed by atoms with van der Waals surface area (Å²) >= 11 is 0. The summed E-state index contributed by atoms with van der Waals surface area (Å²) in [5.74, 6) is 0.367. The molecule has 3 aromatic rings. The van der Waals surface area contributed by atoms with E-state index < -0.39 is 0 Å². The van der Waals surface area contributed by atoms with E-state index in [1.807, 2.05) is 33.8 Å². The summed E-state index contributed by atoms with van der Waals surface area (Å²) in [6.07, 6.45) is 0. The van der Waals surface area contributed by atoms with Crippen LogP contribution in [0.5, 0.6) is 0 Å². The maximum absolute atomic E-state index is 12.2. The highest BCUT2D eigenvalue weighted by Gasteiger charge is 2.09. The Labute approximate surface area is 154 Å². The minimum Gasteiger partial charge on any atom is -0.399 e. The Hall–Kier alpha value is -3.08. The number of hydrogen-bond donors (Lipinski definition) is 3. The van der Waals surface area contributed by atoms with Crippen molar-refractivity contribution in [2.24, 2.45) is 0 Å². The number of aromatic nitrogens is 1. The molecule has 4 N–H and O–H groups in total. The molecule has 5 nitrogen and oxygen atoms in total. The molecule has 0 aliphatic rings. The highest BCUT2D eigenvalue weighted by molar-refractivity contribution is 6.05. The molecule has 138 valence electrons. The second kappa shape index (κ2) is 10.0. The van der Waals surface area contributed by atoms with Gasteiger partial charge in [-0.1, -0.05) is 27.7 Å². The van der Waals surface area contributed by atoms with E-state index in [1.165, 1.54) is 6.92 Å². The van der Waals surface area contributed by atoms with Crippen molar-refractivity contribution in [1.29, 1.82) is 0 Å². The Kier molecular flexibility index (Phi) is 8.09. The second-order valence-electron chi connectivity index (χ2n) is 5.12. The van der Waals surface area contributed by atoms with E-state index in [0.29, 0.717) is 22.6 Å². The lowest BCUT2D eigenvalue weighted by molar-refractivity contribution is 0.101. The number of amides is 1. The number of carbonyl (C=O) groups is 2. The maximum Gasteiger partial charge on any atom is 0.256 e. The van der Waals surface area contributed by atoms with Crippen molar-refractivity contribution in [1.82, 2.24) is 4.98 Å². The zero-order valence-electron chi connectivity index (χ0n) is 16.0. The molecule has 1 aromatic heterocycles. The monoisotopic (exact) mass is 353 g/mol. The van der Waals surface area contributed by atoms with Gasteiger partial charge in [-0.05, 0) is 55.5 Å². The number of nitrogen functional groups attached to an aromatic ring is 1. The lowest BCUT2D eigenvalue weighted by Crippen LogP contribution is -2.11. The largest absolute Gasteiger partial charge is 0.399 e. The molecule has 0 spiro atoms. The number of nitrogens with one attached hydrogen (secondary N) is 2. The number of rotatable bonds is 3. The van der Waals surface area contributed by atoms with Gasteiger partial charge in [-0.25, -0.2) is 0 Å². The number of hydrogen-bond acceptors (Lipinski definition) is 3. The van der Waals surface area contributed by atoms with Crippen LogP contribution < -0.4 is 11.1 Å². The summed E-state index contributed by atoms with van der Waals surface area (Å²) in [5.41, 5.74) is 8.24. The molecule has 0 unspecified atom stereocenters. The fourth-order valence-electron chi connectivity index (χ4n) is 2.25. The Morgan fingerprint density at radius 3 is 2.04 bits per heavy atom. The van der Waals surface area contributed by atoms with E-state index >= 15 is 0 Å². The predicted molar refractivity (Wildman–Crippen MR) is 110 cm³/mol. The average molecular weight is 353 g/mol. The van der Waals surface area contributed by atoms with Gasteiger partial charge in [0.1, 0.15) is 5.82 Å². The molecule has 0 atom stereocenters. The maximum atomic E-state index is 12.2. The third-order valence-electron chi connectivity index (χ3n) is 3.45. The topological polar surface area (TPSA) is 88.0 Å². The number of fused-ring (bicyclic) bond motifs is 1. The molecule has 26 heavy (non-hydrogen) atoms. The first kappa shape index (κ1) is 21.0.